The van der Waals surface area contributed by atoms with Crippen molar-refractivity contribution in [2.24, 2.45) is 5.11 Å². The summed E-state index contributed by atoms with van der Waals surface area (Å²) in [6.07, 6.45) is 3.76. The van der Waals surface area contributed by atoms with Crippen molar-refractivity contribution in [3.8, 4) is 0 Å². The van der Waals surface area contributed by atoms with Crippen LogP contribution in [0.25, 0.3) is 10.4 Å². The summed E-state index contributed by atoms with van der Waals surface area (Å²) >= 11 is 0. The minimum absolute atomic E-state index is 0.237. The Kier molecular flexibility index (Phi) is 9.67. The number of azide groups is 1. The Balaban J connectivity index is 0.000000713. The fraction of sp³-hybridized carbons (Fsp3) is 0.882. The fourth-order valence-corrected chi connectivity index (χ4v) is 4.24. The van der Waals surface area contributed by atoms with Gasteiger partial charge in [-0.05, 0) is 23.7 Å². The van der Waals surface area contributed by atoms with Gasteiger partial charge in [-0.15, -0.1) is 5.10 Å². The fourth-order valence-electron chi connectivity index (χ4n) is 1.68. The minimum Gasteiger partial charge on any atom is -0.411 e. The molecule has 0 fully saturated rings. The van der Waals surface area contributed by atoms with Gasteiger partial charge in [-0.3, -0.25) is 4.68 Å². The van der Waals surface area contributed by atoms with Gasteiger partial charge < -0.3 is 4.43 Å². The van der Waals surface area contributed by atoms with Crippen molar-refractivity contribution in [2.45, 2.75) is 91.0 Å². The first-order valence-corrected chi connectivity index (χ1v) is 19.8. The topological polar surface area (TPSA) is 88.7 Å². The molecule has 1 aromatic heterocycles. The smallest absolute Gasteiger partial charge is 0.192 e. The first kappa shape index (κ1) is 26.1. The number of rotatable bonds is 7. The van der Waals surface area contributed by atoms with E-state index in [0.717, 1.165) is 11.9 Å². The first-order chi connectivity index (χ1) is 12.0. The maximum absolute atomic E-state index is 7.91. The lowest BCUT2D eigenvalue weighted by molar-refractivity contribution is 0.272. The molecule has 0 atom stereocenters. The highest BCUT2D eigenvalue weighted by Gasteiger charge is 2.37. The standard InChI is InChI=1S/C13H29N3OSi2.C4H11N3Si/c1-13(2,3)19(7,8)17-10-12-9-16(15-14-12)11-18(4,5)6;1-8(2,3)4-6-7-5/h9H,10-11H2,1-8H3;4H2,1-3H3. The second-order valence-corrected chi connectivity index (χ2v) is 26.7. The molecule has 0 aliphatic heterocycles. The van der Waals surface area contributed by atoms with E-state index in [0.29, 0.717) is 12.8 Å². The summed E-state index contributed by atoms with van der Waals surface area (Å²) in [5.74, 6) is 0. The van der Waals surface area contributed by atoms with Crippen LogP contribution in [0.15, 0.2) is 11.3 Å². The van der Waals surface area contributed by atoms with Gasteiger partial charge in [0.1, 0.15) is 5.69 Å². The quantitative estimate of drug-likeness (QED) is 0.236. The Morgan fingerprint density at radius 3 is 2.00 bits per heavy atom. The Morgan fingerprint density at radius 2 is 1.63 bits per heavy atom. The molecule has 10 heteroatoms. The van der Waals surface area contributed by atoms with Crippen LogP contribution in [0, 0.1) is 0 Å². The van der Waals surface area contributed by atoms with Gasteiger partial charge in [0.2, 0.25) is 0 Å². The van der Waals surface area contributed by atoms with Crippen LogP contribution in [0.2, 0.25) is 57.4 Å². The van der Waals surface area contributed by atoms with Crippen molar-refractivity contribution >= 4 is 24.5 Å². The van der Waals surface area contributed by atoms with Crippen molar-refractivity contribution in [3.05, 3.63) is 22.3 Å². The molecule has 0 spiro atoms. The summed E-state index contributed by atoms with van der Waals surface area (Å²) in [4.78, 5) is 2.68. The molecule has 0 saturated heterocycles. The third-order valence-electron chi connectivity index (χ3n) is 4.22. The second-order valence-electron chi connectivity index (χ2n) is 11.0. The molecule has 0 unspecified atom stereocenters. The van der Waals surface area contributed by atoms with Crippen LogP contribution < -0.4 is 0 Å². The van der Waals surface area contributed by atoms with E-state index in [2.05, 4.69) is 93.5 Å². The van der Waals surface area contributed by atoms with E-state index in [1.807, 2.05) is 10.9 Å². The van der Waals surface area contributed by atoms with Crippen LogP contribution in [-0.4, -0.2) is 45.6 Å². The number of nitrogens with zero attached hydrogens (tertiary/aromatic N) is 6. The molecule has 0 aliphatic rings. The van der Waals surface area contributed by atoms with Gasteiger partial charge in [0.25, 0.3) is 0 Å². The zero-order valence-corrected chi connectivity index (χ0v) is 22.3. The molecule has 7 nitrogen and oxygen atoms in total. The maximum Gasteiger partial charge on any atom is 0.192 e. The third-order valence-corrected chi connectivity index (χ3v) is 11.1. The van der Waals surface area contributed by atoms with Crippen LogP contribution in [0.4, 0.5) is 0 Å². The largest absolute Gasteiger partial charge is 0.411 e. The van der Waals surface area contributed by atoms with Crippen LogP contribution in [-0.2, 0) is 17.2 Å². The number of hydrogen-bond acceptors (Lipinski definition) is 4. The van der Waals surface area contributed by atoms with E-state index in [1.165, 1.54) is 0 Å². The van der Waals surface area contributed by atoms with Crippen LogP contribution in [0.5, 0.6) is 0 Å². The molecule has 0 N–H and O–H groups in total. The van der Waals surface area contributed by atoms with Gasteiger partial charge >= 0.3 is 0 Å². The molecule has 0 radical (unpaired) electrons. The molecule has 1 heterocycles. The molecule has 1 rings (SSSR count). The Morgan fingerprint density at radius 1 is 1.07 bits per heavy atom. The summed E-state index contributed by atoms with van der Waals surface area (Å²) in [6, 6.07) is 0. The molecule has 156 valence electrons. The van der Waals surface area contributed by atoms with Gasteiger partial charge in [0.15, 0.2) is 8.32 Å². The summed E-state index contributed by atoms with van der Waals surface area (Å²) in [6.45, 7) is 25.4. The van der Waals surface area contributed by atoms with Gasteiger partial charge in [0, 0.05) is 17.2 Å². The lowest BCUT2D eigenvalue weighted by Crippen LogP contribution is -2.40. The van der Waals surface area contributed by atoms with Crippen molar-refractivity contribution < 1.29 is 4.43 Å². The molecular weight excluding hydrogens is 388 g/mol. The lowest BCUT2D eigenvalue weighted by atomic mass is 10.2. The normalized spacial score (nSPS) is 12.9. The van der Waals surface area contributed by atoms with Crippen LogP contribution in [0.3, 0.4) is 0 Å². The average Bonchev–Trinajstić information content (AvgIpc) is 2.87. The monoisotopic (exact) mass is 428 g/mol. The molecule has 27 heavy (non-hydrogen) atoms. The van der Waals surface area contributed by atoms with E-state index in [-0.39, 0.29) is 5.04 Å². The van der Waals surface area contributed by atoms with E-state index in [9.17, 15) is 0 Å². The van der Waals surface area contributed by atoms with E-state index < -0.39 is 24.5 Å². The molecular formula is C17H40N6OSi3. The highest BCUT2D eigenvalue weighted by Crippen LogP contribution is 2.36. The molecule has 0 saturated carbocycles. The van der Waals surface area contributed by atoms with E-state index in [4.69, 9.17) is 9.96 Å². The van der Waals surface area contributed by atoms with Crippen molar-refractivity contribution in [1.82, 2.24) is 15.0 Å². The van der Waals surface area contributed by atoms with Gasteiger partial charge in [-0.2, -0.15) is 0 Å². The summed E-state index contributed by atoms with van der Waals surface area (Å²) < 4.78 is 8.13. The Hall–Kier alpha value is -0.939. The highest BCUT2D eigenvalue weighted by atomic mass is 28.4. The Bertz CT molecular complexity index is 620. The number of hydrogen-bond donors (Lipinski definition) is 0. The predicted molar refractivity (Wildman–Crippen MR) is 123 cm³/mol. The van der Waals surface area contributed by atoms with Crippen molar-refractivity contribution in [3.63, 3.8) is 0 Å². The lowest BCUT2D eigenvalue weighted by Gasteiger charge is -2.35. The summed E-state index contributed by atoms with van der Waals surface area (Å²) in [5.41, 5.74) is 8.86. The molecule has 1 aromatic rings. The molecule has 0 aliphatic carbocycles. The second kappa shape index (κ2) is 10.0. The molecule has 0 amide bonds. The SMILES string of the molecule is CC(C)(C)[Si](C)(C)OCc1cn(C[Si](C)(C)C)nn1.C[Si](C)(C)CN=[N+]=[N-]. The minimum atomic E-state index is -1.69. The molecule has 0 bridgehead atoms. The summed E-state index contributed by atoms with van der Waals surface area (Å²) in [7, 11) is -3.94. The predicted octanol–water partition coefficient (Wildman–Crippen LogP) is 5.85. The van der Waals surface area contributed by atoms with Crippen LogP contribution >= 0.6 is 0 Å². The first-order valence-electron chi connectivity index (χ1n) is 9.51. The van der Waals surface area contributed by atoms with Gasteiger partial charge in [-0.25, -0.2) is 0 Å². The van der Waals surface area contributed by atoms with Crippen molar-refractivity contribution in [2.75, 3.05) is 6.17 Å². The number of aromatic nitrogens is 3. The Labute approximate surface area is 168 Å². The van der Waals surface area contributed by atoms with E-state index >= 15 is 0 Å². The zero-order valence-electron chi connectivity index (χ0n) is 19.3. The summed E-state index contributed by atoms with van der Waals surface area (Å²) in [5, 5.41) is 12.1. The van der Waals surface area contributed by atoms with E-state index in [1.54, 1.807) is 0 Å². The zero-order chi connectivity index (χ0) is 21.5. The molecule has 0 aromatic carbocycles. The maximum atomic E-state index is 7.91. The van der Waals surface area contributed by atoms with Gasteiger partial charge in [-0.1, -0.05) is 70.4 Å². The van der Waals surface area contributed by atoms with Gasteiger partial charge in [0.05, 0.1) is 29.0 Å². The van der Waals surface area contributed by atoms with Crippen LogP contribution in [0.1, 0.15) is 26.5 Å². The van der Waals surface area contributed by atoms with Crippen molar-refractivity contribution in [1.29, 1.82) is 0 Å². The average molecular weight is 429 g/mol. The third kappa shape index (κ3) is 12.2. The highest BCUT2D eigenvalue weighted by molar-refractivity contribution is 6.76.